The predicted octanol–water partition coefficient (Wildman–Crippen LogP) is 5.88. The van der Waals surface area contributed by atoms with Gasteiger partial charge in [0.15, 0.2) is 0 Å². The van der Waals surface area contributed by atoms with E-state index in [1.807, 2.05) is 36.4 Å². The van der Waals surface area contributed by atoms with Crippen LogP contribution in [0.25, 0.3) is 22.2 Å². The molecule has 3 aromatic carbocycles. The van der Waals surface area contributed by atoms with Crippen LogP contribution in [0.3, 0.4) is 0 Å². The average Bonchev–Trinajstić information content (AvgIpc) is 3.68. The number of aromatic nitrogens is 2. The molecule has 1 unspecified atom stereocenters. The highest BCUT2D eigenvalue weighted by Crippen LogP contribution is 2.42. The van der Waals surface area contributed by atoms with Crippen LogP contribution < -0.4 is 10.1 Å². The number of nitrogens with zero attached hydrogens (tertiary/aromatic N) is 2. The first-order chi connectivity index (χ1) is 20.2. The Bertz CT molecular complexity index is 1530. The molecule has 4 aromatic rings. The zero-order valence-electron chi connectivity index (χ0n) is 23.2. The highest BCUT2D eigenvalue weighted by molar-refractivity contribution is 6.01. The Morgan fingerprint density at radius 3 is 2.37 bits per heavy atom. The van der Waals surface area contributed by atoms with Crippen molar-refractivity contribution >= 4 is 16.8 Å². The van der Waals surface area contributed by atoms with Crippen LogP contribution in [0.5, 0.6) is 5.75 Å². The Morgan fingerprint density at radius 1 is 0.927 bits per heavy atom. The van der Waals surface area contributed by atoms with Gasteiger partial charge in [-0.05, 0) is 92.5 Å². The highest BCUT2D eigenvalue weighted by Gasteiger charge is 2.46. The zero-order valence-corrected chi connectivity index (χ0v) is 23.2. The highest BCUT2D eigenvalue weighted by atomic mass is 16.5. The van der Waals surface area contributed by atoms with E-state index in [0.29, 0.717) is 29.6 Å². The third-order valence-electron chi connectivity index (χ3n) is 9.58. The van der Waals surface area contributed by atoms with Gasteiger partial charge in [-0.1, -0.05) is 30.3 Å². The Kier molecular flexibility index (Phi) is 6.30. The first kappa shape index (κ1) is 25.1. The smallest absolute Gasteiger partial charge is 0.251 e. The summed E-state index contributed by atoms with van der Waals surface area (Å²) in [6.07, 6.45) is 7.31. The number of hydrogen-bond donors (Lipinski definition) is 2. The lowest BCUT2D eigenvalue weighted by Gasteiger charge is -2.46. The monoisotopic (exact) mass is 548 g/mol. The molecule has 210 valence electrons. The van der Waals surface area contributed by atoms with Crippen LogP contribution in [0.4, 0.5) is 0 Å². The number of ether oxygens (including phenoxy) is 2. The molecule has 0 radical (unpaired) electrons. The first-order valence-corrected chi connectivity index (χ1v) is 15.2. The van der Waals surface area contributed by atoms with Gasteiger partial charge in [0, 0.05) is 28.6 Å². The van der Waals surface area contributed by atoms with Crippen LogP contribution >= 0.6 is 0 Å². The van der Waals surface area contributed by atoms with Gasteiger partial charge in [0.05, 0.1) is 36.5 Å². The molecular formula is C34H36N4O3. The number of H-pyrrole nitrogens is 1. The lowest BCUT2D eigenvalue weighted by molar-refractivity contribution is -0.102. The second kappa shape index (κ2) is 10.3. The van der Waals surface area contributed by atoms with Crippen molar-refractivity contribution in [3.8, 4) is 17.0 Å². The van der Waals surface area contributed by atoms with Gasteiger partial charge in [-0.15, -0.1) is 0 Å². The van der Waals surface area contributed by atoms with E-state index in [2.05, 4.69) is 56.8 Å². The van der Waals surface area contributed by atoms with Crippen molar-refractivity contribution in [2.75, 3.05) is 13.2 Å². The van der Waals surface area contributed by atoms with E-state index in [-0.39, 0.29) is 18.1 Å². The maximum Gasteiger partial charge on any atom is 0.251 e. The Morgan fingerprint density at radius 2 is 1.68 bits per heavy atom. The van der Waals surface area contributed by atoms with E-state index in [1.54, 1.807) is 0 Å². The van der Waals surface area contributed by atoms with Crippen molar-refractivity contribution in [2.45, 2.75) is 68.8 Å². The van der Waals surface area contributed by atoms with Crippen LogP contribution in [-0.4, -0.2) is 58.4 Å². The van der Waals surface area contributed by atoms with E-state index in [1.165, 1.54) is 18.4 Å². The van der Waals surface area contributed by atoms with Gasteiger partial charge in [-0.2, -0.15) is 5.10 Å². The van der Waals surface area contributed by atoms with Crippen LogP contribution in [-0.2, 0) is 4.74 Å². The van der Waals surface area contributed by atoms with Crippen LogP contribution in [0.2, 0.25) is 0 Å². The number of fused-ring (bicyclic) bond motifs is 3. The predicted molar refractivity (Wildman–Crippen MR) is 158 cm³/mol. The van der Waals surface area contributed by atoms with Crippen molar-refractivity contribution in [1.29, 1.82) is 0 Å². The lowest BCUT2D eigenvalue weighted by Crippen LogP contribution is -2.57. The Balaban J connectivity index is 0.970. The Hall–Kier alpha value is -3.68. The molecule has 41 heavy (non-hydrogen) atoms. The minimum absolute atomic E-state index is 0.0467. The van der Waals surface area contributed by atoms with Gasteiger partial charge in [0.2, 0.25) is 0 Å². The average molecular weight is 549 g/mol. The fraction of sp³-hybridized carbons (Fsp3) is 0.412. The molecule has 4 atom stereocenters. The minimum atomic E-state index is -0.0478. The summed E-state index contributed by atoms with van der Waals surface area (Å²) >= 11 is 0. The van der Waals surface area contributed by atoms with E-state index >= 15 is 0 Å². The van der Waals surface area contributed by atoms with E-state index in [4.69, 9.17) is 9.47 Å². The number of nitrogens with one attached hydrogen (secondary N) is 2. The van der Waals surface area contributed by atoms with E-state index in [9.17, 15) is 4.79 Å². The molecule has 3 aliphatic heterocycles. The molecule has 1 aliphatic carbocycles. The molecule has 7 heteroatoms. The largest absolute Gasteiger partial charge is 0.490 e. The van der Waals surface area contributed by atoms with Crippen molar-refractivity contribution in [2.24, 2.45) is 5.92 Å². The molecule has 4 heterocycles. The van der Waals surface area contributed by atoms with Crippen LogP contribution in [0.15, 0.2) is 72.8 Å². The molecule has 7 nitrogen and oxygen atoms in total. The molecule has 1 saturated carbocycles. The van der Waals surface area contributed by atoms with Crippen LogP contribution in [0, 0.1) is 5.92 Å². The van der Waals surface area contributed by atoms with Crippen molar-refractivity contribution < 1.29 is 14.3 Å². The number of hydrogen-bond acceptors (Lipinski definition) is 5. The lowest BCUT2D eigenvalue weighted by atomic mass is 9.96. The number of benzene rings is 3. The number of aromatic amines is 1. The Labute approximate surface area is 240 Å². The summed E-state index contributed by atoms with van der Waals surface area (Å²) in [5.41, 5.74) is 4.58. The molecular weight excluding hydrogens is 512 g/mol. The van der Waals surface area contributed by atoms with Crippen molar-refractivity contribution in [3.63, 3.8) is 0 Å². The van der Waals surface area contributed by atoms with Gasteiger partial charge in [0.1, 0.15) is 11.9 Å². The molecule has 2 N–H and O–H groups in total. The summed E-state index contributed by atoms with van der Waals surface area (Å²) < 4.78 is 11.9. The number of amides is 1. The molecule has 4 aliphatic rings. The summed E-state index contributed by atoms with van der Waals surface area (Å²) in [5, 5.41) is 12.0. The fourth-order valence-corrected chi connectivity index (χ4v) is 7.30. The SMILES string of the molecule is O=C(NC(c1ccccc1)C1CC1)c1ccc2[nH]nc(-c3ccc(O[C@@H]4C[C@H]5CC[C@@H](C4)N5C4COC4)cc3)c2c1. The van der Waals surface area contributed by atoms with Gasteiger partial charge in [0.25, 0.3) is 5.91 Å². The van der Waals surface area contributed by atoms with Gasteiger partial charge >= 0.3 is 0 Å². The summed E-state index contributed by atoms with van der Waals surface area (Å²) in [7, 11) is 0. The second-order valence-corrected chi connectivity index (χ2v) is 12.3. The maximum atomic E-state index is 13.4. The van der Waals surface area contributed by atoms with Gasteiger partial charge < -0.3 is 14.8 Å². The summed E-state index contributed by atoms with van der Waals surface area (Å²) in [5.74, 6) is 1.37. The van der Waals surface area contributed by atoms with Crippen molar-refractivity contribution in [1.82, 2.24) is 20.4 Å². The number of piperidine rings is 1. The molecule has 3 saturated heterocycles. The third-order valence-corrected chi connectivity index (χ3v) is 9.58. The van der Waals surface area contributed by atoms with E-state index in [0.717, 1.165) is 66.8 Å². The molecule has 8 rings (SSSR count). The first-order valence-electron chi connectivity index (χ1n) is 15.2. The summed E-state index contributed by atoms with van der Waals surface area (Å²) in [6, 6.07) is 26.3. The minimum Gasteiger partial charge on any atom is -0.490 e. The topological polar surface area (TPSA) is 79.5 Å². The summed E-state index contributed by atoms with van der Waals surface area (Å²) in [4.78, 5) is 16.1. The molecule has 2 bridgehead atoms. The van der Waals surface area contributed by atoms with Gasteiger partial charge in [-0.3, -0.25) is 14.8 Å². The molecule has 4 fully saturated rings. The number of carbonyl (C=O) groups is 1. The zero-order chi connectivity index (χ0) is 27.3. The van der Waals surface area contributed by atoms with Gasteiger partial charge in [-0.25, -0.2) is 0 Å². The number of rotatable bonds is 8. The molecule has 1 amide bonds. The summed E-state index contributed by atoms with van der Waals surface area (Å²) in [6.45, 7) is 1.78. The normalized spacial score (nSPS) is 25.1. The van der Waals surface area contributed by atoms with Crippen LogP contribution in [0.1, 0.15) is 60.5 Å². The second-order valence-electron chi connectivity index (χ2n) is 12.3. The molecule has 0 spiro atoms. The quantitative estimate of drug-likeness (QED) is 0.287. The number of carbonyl (C=O) groups excluding carboxylic acids is 1. The molecule has 1 aromatic heterocycles. The van der Waals surface area contributed by atoms with Crippen molar-refractivity contribution in [3.05, 3.63) is 83.9 Å². The third kappa shape index (κ3) is 4.81. The van der Waals surface area contributed by atoms with E-state index < -0.39 is 0 Å². The standard InChI is InChI=1S/C34H36N4O3/c39-34(35-32(22-6-7-22)21-4-2-1-3-5-21)24-10-15-31-30(16-24)33(37-36-31)23-8-13-28(14-9-23)41-29-17-25-11-12-26(18-29)38(25)27-19-40-20-27/h1-5,8-10,13-16,22,25-27,29,32H,6-7,11-12,17-20H2,(H,35,39)(H,36,37)/t25-,26+,29-,32?. The maximum absolute atomic E-state index is 13.4. The fourth-order valence-electron chi connectivity index (χ4n) is 7.30.